The summed E-state index contributed by atoms with van der Waals surface area (Å²) >= 11 is 0. The molecular formula is C9H12NO3S. The summed E-state index contributed by atoms with van der Waals surface area (Å²) in [5.74, 6) is -0.424. The van der Waals surface area contributed by atoms with Crippen molar-refractivity contribution < 1.29 is 13.0 Å². The Labute approximate surface area is 83.7 Å². The molecule has 1 N–H and O–H groups in total. The van der Waals surface area contributed by atoms with Crippen LogP contribution in [0.15, 0.2) is 24.5 Å². The first kappa shape index (κ1) is 11.1. The van der Waals surface area contributed by atoms with Crippen LogP contribution in [0.5, 0.6) is 0 Å². The standard InChI is InChI=1S/C9H12NO3S/c1-7(2)9(14(11,12)13)8-3-5-10-6-4-8/h3-7,9H,1H2,2H3,(H,11,12,13). The van der Waals surface area contributed by atoms with Gasteiger partial charge in [0.2, 0.25) is 0 Å². The first-order chi connectivity index (χ1) is 6.43. The molecule has 1 radical (unpaired) electrons. The lowest BCUT2D eigenvalue weighted by Gasteiger charge is -2.17. The molecule has 77 valence electrons. The topological polar surface area (TPSA) is 67.3 Å². The predicted octanol–water partition coefficient (Wildman–Crippen LogP) is 1.48. The van der Waals surface area contributed by atoms with Crippen molar-refractivity contribution in [2.24, 2.45) is 5.92 Å². The minimum absolute atomic E-state index is 0.424. The maximum absolute atomic E-state index is 11.1. The molecule has 0 fully saturated rings. The Morgan fingerprint density at radius 2 is 1.93 bits per heavy atom. The van der Waals surface area contributed by atoms with Crippen LogP contribution in [0.3, 0.4) is 0 Å². The number of hydrogen-bond donors (Lipinski definition) is 1. The summed E-state index contributed by atoms with van der Waals surface area (Å²) < 4.78 is 31.2. The van der Waals surface area contributed by atoms with E-state index >= 15 is 0 Å². The third kappa shape index (κ3) is 2.52. The molecule has 0 saturated carbocycles. The zero-order valence-electron chi connectivity index (χ0n) is 7.79. The number of nitrogens with zero attached hydrogens (tertiary/aromatic N) is 1. The smallest absolute Gasteiger partial charge is 0.272 e. The van der Waals surface area contributed by atoms with Gasteiger partial charge < -0.3 is 0 Å². The quantitative estimate of drug-likeness (QED) is 0.774. The molecule has 0 aliphatic carbocycles. The van der Waals surface area contributed by atoms with Gasteiger partial charge in [-0.3, -0.25) is 9.54 Å². The Hall–Kier alpha value is -0.940. The van der Waals surface area contributed by atoms with E-state index in [0.717, 1.165) is 0 Å². The third-order valence-corrected chi connectivity index (χ3v) is 3.25. The van der Waals surface area contributed by atoms with E-state index in [9.17, 15) is 8.42 Å². The molecule has 14 heavy (non-hydrogen) atoms. The molecule has 0 aliphatic rings. The second-order valence-corrected chi connectivity index (χ2v) is 4.73. The van der Waals surface area contributed by atoms with E-state index in [1.807, 2.05) is 0 Å². The van der Waals surface area contributed by atoms with Crippen LogP contribution in [0.4, 0.5) is 0 Å². The Bertz CT molecular complexity index is 386. The van der Waals surface area contributed by atoms with Gasteiger partial charge in [-0.25, -0.2) is 0 Å². The monoisotopic (exact) mass is 214 g/mol. The second-order valence-electron chi connectivity index (χ2n) is 3.19. The molecule has 0 aromatic carbocycles. The van der Waals surface area contributed by atoms with Crippen LogP contribution in [-0.2, 0) is 10.1 Å². The first-order valence-electron chi connectivity index (χ1n) is 4.12. The zero-order valence-corrected chi connectivity index (χ0v) is 8.61. The van der Waals surface area contributed by atoms with Gasteiger partial charge in [0.1, 0.15) is 5.25 Å². The van der Waals surface area contributed by atoms with Gasteiger partial charge >= 0.3 is 0 Å². The summed E-state index contributed by atoms with van der Waals surface area (Å²) in [4.78, 5) is 3.77. The minimum Gasteiger partial charge on any atom is -0.285 e. The molecule has 0 saturated heterocycles. The van der Waals surface area contributed by atoms with Crippen molar-refractivity contribution in [1.82, 2.24) is 4.98 Å². The van der Waals surface area contributed by atoms with Gasteiger partial charge in [0.15, 0.2) is 0 Å². The largest absolute Gasteiger partial charge is 0.285 e. The van der Waals surface area contributed by atoms with Gasteiger partial charge in [-0.15, -0.1) is 0 Å². The Kier molecular flexibility index (Phi) is 3.23. The lowest BCUT2D eigenvalue weighted by molar-refractivity contribution is 0.453. The third-order valence-electron chi connectivity index (χ3n) is 1.87. The van der Waals surface area contributed by atoms with Crippen LogP contribution in [0.25, 0.3) is 0 Å². The zero-order chi connectivity index (χ0) is 10.8. The van der Waals surface area contributed by atoms with E-state index < -0.39 is 21.3 Å². The SMILES string of the molecule is [CH2]C(C)C(c1ccncc1)S(=O)(=O)O. The van der Waals surface area contributed by atoms with Crippen molar-refractivity contribution in [2.75, 3.05) is 0 Å². The van der Waals surface area contributed by atoms with Gasteiger partial charge in [0.25, 0.3) is 10.1 Å². The number of rotatable bonds is 3. The molecule has 2 unspecified atom stereocenters. The number of aromatic nitrogens is 1. The van der Waals surface area contributed by atoms with Crippen LogP contribution >= 0.6 is 0 Å². The molecule has 5 heteroatoms. The lowest BCUT2D eigenvalue weighted by atomic mass is 10.0. The Morgan fingerprint density at radius 1 is 1.43 bits per heavy atom. The van der Waals surface area contributed by atoms with Gasteiger partial charge in [0.05, 0.1) is 0 Å². The molecule has 0 amide bonds. The van der Waals surface area contributed by atoms with E-state index in [0.29, 0.717) is 5.56 Å². The van der Waals surface area contributed by atoms with Crippen molar-refractivity contribution >= 4 is 10.1 Å². The number of pyridine rings is 1. The molecule has 4 nitrogen and oxygen atoms in total. The van der Waals surface area contributed by atoms with Crippen LogP contribution in [-0.4, -0.2) is 18.0 Å². The van der Waals surface area contributed by atoms with Crippen LogP contribution in [0, 0.1) is 12.8 Å². The summed E-state index contributed by atoms with van der Waals surface area (Å²) in [6, 6.07) is 3.11. The van der Waals surface area contributed by atoms with E-state index in [1.165, 1.54) is 12.4 Å². The predicted molar refractivity (Wildman–Crippen MR) is 53.0 cm³/mol. The van der Waals surface area contributed by atoms with Gasteiger partial charge in [0, 0.05) is 12.4 Å². The summed E-state index contributed by atoms with van der Waals surface area (Å²) in [5, 5.41) is -0.981. The van der Waals surface area contributed by atoms with Crippen molar-refractivity contribution in [3.8, 4) is 0 Å². The minimum atomic E-state index is -4.11. The van der Waals surface area contributed by atoms with Gasteiger partial charge in [-0.2, -0.15) is 8.42 Å². The Balaban J connectivity index is 3.15. The summed E-state index contributed by atoms with van der Waals surface area (Å²) in [5.41, 5.74) is 0.505. The van der Waals surface area contributed by atoms with Crippen LogP contribution in [0.2, 0.25) is 0 Å². The van der Waals surface area contributed by atoms with Crippen molar-refractivity contribution in [3.63, 3.8) is 0 Å². The van der Waals surface area contributed by atoms with E-state index in [-0.39, 0.29) is 0 Å². The maximum Gasteiger partial charge on any atom is 0.272 e. The summed E-state index contributed by atoms with van der Waals surface area (Å²) in [6.45, 7) is 5.26. The van der Waals surface area contributed by atoms with Crippen molar-refractivity contribution in [3.05, 3.63) is 37.0 Å². The molecule has 1 rings (SSSR count). The average molecular weight is 214 g/mol. The molecule has 1 heterocycles. The fourth-order valence-corrected chi connectivity index (χ4v) is 2.44. The number of hydrogen-bond acceptors (Lipinski definition) is 3. The highest BCUT2D eigenvalue weighted by Gasteiger charge is 2.28. The highest BCUT2D eigenvalue weighted by Crippen LogP contribution is 2.28. The summed E-state index contributed by atoms with van der Waals surface area (Å²) in [7, 11) is -4.11. The Morgan fingerprint density at radius 3 is 2.29 bits per heavy atom. The first-order valence-corrected chi connectivity index (χ1v) is 5.62. The molecule has 0 aliphatic heterocycles. The van der Waals surface area contributed by atoms with E-state index in [2.05, 4.69) is 11.9 Å². The molecule has 1 aromatic heterocycles. The average Bonchev–Trinajstić information content (AvgIpc) is 2.02. The molecular weight excluding hydrogens is 202 g/mol. The van der Waals surface area contributed by atoms with Gasteiger partial charge in [-0.1, -0.05) is 6.92 Å². The molecule has 0 bridgehead atoms. The molecule has 0 spiro atoms. The highest BCUT2D eigenvalue weighted by atomic mass is 32.2. The maximum atomic E-state index is 11.1. The molecule has 1 aromatic rings. The second kappa shape index (κ2) is 4.06. The highest BCUT2D eigenvalue weighted by molar-refractivity contribution is 7.86. The van der Waals surface area contributed by atoms with Gasteiger partial charge in [-0.05, 0) is 30.5 Å². The molecule has 2 atom stereocenters. The van der Waals surface area contributed by atoms with E-state index in [4.69, 9.17) is 4.55 Å². The van der Waals surface area contributed by atoms with Crippen molar-refractivity contribution in [1.29, 1.82) is 0 Å². The lowest BCUT2D eigenvalue weighted by Crippen LogP contribution is -2.17. The fraction of sp³-hybridized carbons (Fsp3) is 0.333. The van der Waals surface area contributed by atoms with E-state index in [1.54, 1.807) is 19.1 Å². The van der Waals surface area contributed by atoms with Crippen LogP contribution in [0.1, 0.15) is 17.7 Å². The summed E-state index contributed by atoms with van der Waals surface area (Å²) in [6.07, 6.45) is 2.96. The van der Waals surface area contributed by atoms with Crippen molar-refractivity contribution in [2.45, 2.75) is 12.2 Å². The van der Waals surface area contributed by atoms with Crippen LogP contribution < -0.4 is 0 Å². The fourth-order valence-electron chi connectivity index (χ4n) is 1.35. The normalized spacial score (nSPS) is 14.3.